The molecule has 12 heteroatoms. The van der Waals surface area contributed by atoms with Crippen LogP contribution in [0.2, 0.25) is 0 Å². The smallest absolute Gasteiger partial charge is 0.406 e. The maximum Gasteiger partial charge on any atom is 0.573 e. The summed E-state index contributed by atoms with van der Waals surface area (Å²) >= 11 is 0. The van der Waals surface area contributed by atoms with Gasteiger partial charge < -0.3 is 19.3 Å². The van der Waals surface area contributed by atoms with E-state index in [1.807, 2.05) is 18.9 Å². The molecule has 0 unspecified atom stereocenters. The second kappa shape index (κ2) is 7.98. The van der Waals surface area contributed by atoms with Crippen molar-refractivity contribution in [3.8, 4) is 17.2 Å². The number of aromatic nitrogens is 2. The van der Waals surface area contributed by atoms with Gasteiger partial charge in [-0.2, -0.15) is 18.2 Å². The number of aliphatic hydroxyl groups is 1. The zero-order valence-corrected chi connectivity index (χ0v) is 17.9. The first kappa shape index (κ1) is 24.0. The maximum absolute atomic E-state index is 12.9. The van der Waals surface area contributed by atoms with Gasteiger partial charge in [-0.05, 0) is 42.4 Å². The van der Waals surface area contributed by atoms with Crippen molar-refractivity contribution in [2.75, 3.05) is 20.1 Å². The van der Waals surface area contributed by atoms with Crippen LogP contribution in [0.4, 0.5) is 26.3 Å². The number of rotatable bonds is 5. The minimum Gasteiger partial charge on any atom is -0.406 e. The first-order valence-corrected chi connectivity index (χ1v) is 10.0. The zero-order valence-electron chi connectivity index (χ0n) is 17.9. The van der Waals surface area contributed by atoms with Crippen molar-refractivity contribution < 1.29 is 40.7 Å². The van der Waals surface area contributed by atoms with E-state index in [0.29, 0.717) is 18.7 Å². The third-order valence-electron chi connectivity index (χ3n) is 5.82. The van der Waals surface area contributed by atoms with E-state index in [9.17, 15) is 31.4 Å². The van der Waals surface area contributed by atoms with Crippen LogP contribution < -0.4 is 4.74 Å². The Morgan fingerprint density at radius 2 is 1.65 bits per heavy atom. The summed E-state index contributed by atoms with van der Waals surface area (Å²) in [5.41, 5.74) is -1.74. The number of nitrogens with zero attached hydrogens (tertiary/aromatic N) is 3. The number of benzene rings is 2. The predicted molar refractivity (Wildman–Crippen MR) is 106 cm³/mol. The van der Waals surface area contributed by atoms with Crippen molar-refractivity contribution in [3.63, 3.8) is 0 Å². The molecule has 1 aliphatic rings. The highest BCUT2D eigenvalue weighted by molar-refractivity contribution is 5.57. The lowest BCUT2D eigenvalue weighted by atomic mass is 9.62. The predicted octanol–water partition coefficient (Wildman–Crippen LogP) is 4.84. The fourth-order valence-electron chi connectivity index (χ4n) is 4.47. The molecule has 1 atom stereocenters. The topological polar surface area (TPSA) is 71.6 Å². The Bertz CT molecular complexity index is 1170. The van der Waals surface area contributed by atoms with Gasteiger partial charge in [0.25, 0.3) is 11.7 Å². The van der Waals surface area contributed by atoms with Crippen LogP contribution in [0, 0.1) is 5.41 Å². The molecule has 6 nitrogen and oxygen atoms in total. The molecule has 1 saturated heterocycles. The van der Waals surface area contributed by atoms with Crippen LogP contribution in [0.5, 0.6) is 5.75 Å². The second-order valence-corrected chi connectivity index (χ2v) is 8.52. The van der Waals surface area contributed by atoms with E-state index in [2.05, 4.69) is 14.9 Å². The Kier molecular flexibility index (Phi) is 5.64. The molecule has 0 saturated carbocycles. The third-order valence-corrected chi connectivity index (χ3v) is 5.82. The number of halogens is 6. The molecule has 2 heterocycles. The van der Waals surface area contributed by atoms with Crippen LogP contribution in [-0.4, -0.2) is 46.6 Å². The maximum atomic E-state index is 12.9. The lowest BCUT2D eigenvalue weighted by Gasteiger charge is -2.56. The van der Waals surface area contributed by atoms with E-state index in [4.69, 9.17) is 4.52 Å². The molecule has 0 radical (unpaired) electrons. The van der Waals surface area contributed by atoms with Gasteiger partial charge in [-0.25, -0.2) is 0 Å². The molecule has 0 aliphatic carbocycles. The van der Waals surface area contributed by atoms with Crippen LogP contribution in [0.25, 0.3) is 11.5 Å². The summed E-state index contributed by atoms with van der Waals surface area (Å²) in [4.78, 5) is 5.33. The molecule has 3 aromatic rings. The van der Waals surface area contributed by atoms with E-state index in [1.165, 1.54) is 30.3 Å². The summed E-state index contributed by atoms with van der Waals surface area (Å²) in [6.45, 7) is 2.72. The molecule has 1 aliphatic heterocycles. The average Bonchev–Trinajstić information content (AvgIpc) is 3.22. The van der Waals surface area contributed by atoms with Crippen LogP contribution in [0.3, 0.4) is 0 Å². The van der Waals surface area contributed by atoms with Gasteiger partial charge in [0, 0.05) is 24.1 Å². The van der Waals surface area contributed by atoms with Crippen molar-refractivity contribution in [2.45, 2.75) is 25.1 Å². The zero-order chi connectivity index (χ0) is 24.9. The van der Waals surface area contributed by atoms with Crippen LogP contribution in [0.15, 0.2) is 53.1 Å². The molecule has 1 fully saturated rings. The number of ether oxygens (including phenoxy) is 1. The minimum atomic E-state index is -4.87. The monoisotopic (exact) mass is 487 g/mol. The lowest BCUT2D eigenvalue weighted by molar-refractivity contribution is -0.274. The Labute approximate surface area is 189 Å². The number of likely N-dealkylation sites (tertiary alicyclic amines) is 1. The van der Waals surface area contributed by atoms with E-state index in [0.717, 1.165) is 12.1 Å². The highest BCUT2D eigenvalue weighted by atomic mass is 19.4. The van der Waals surface area contributed by atoms with E-state index in [1.54, 1.807) is 6.07 Å². The van der Waals surface area contributed by atoms with E-state index < -0.39 is 35.1 Å². The molecular formula is C22H19F6N3O3. The van der Waals surface area contributed by atoms with Crippen LogP contribution in [-0.2, 0) is 11.8 Å². The SMILES string of the molecule is CN1CC(C)([C@](O)(c2ccc(OC(F)(F)F)cc2)c2cccc(-c3nc(C(F)(F)F)no3)c2)C1. The fraction of sp³-hybridized carbons (Fsp3) is 0.364. The van der Waals surface area contributed by atoms with Gasteiger partial charge in [-0.1, -0.05) is 36.3 Å². The molecular weight excluding hydrogens is 468 g/mol. The minimum absolute atomic E-state index is 0.146. The first-order valence-electron chi connectivity index (χ1n) is 10.0. The Balaban J connectivity index is 1.77. The Morgan fingerprint density at radius 1 is 1.00 bits per heavy atom. The highest BCUT2D eigenvalue weighted by Gasteiger charge is 2.55. The van der Waals surface area contributed by atoms with Crippen molar-refractivity contribution in [1.29, 1.82) is 0 Å². The van der Waals surface area contributed by atoms with Crippen LogP contribution in [0.1, 0.15) is 23.9 Å². The Hall–Kier alpha value is -3.12. The summed E-state index contributed by atoms with van der Waals surface area (Å²) in [5.74, 6) is -2.27. The lowest BCUT2D eigenvalue weighted by Crippen LogP contribution is -2.63. The first-order chi connectivity index (χ1) is 15.7. The Morgan fingerprint density at radius 3 is 2.18 bits per heavy atom. The van der Waals surface area contributed by atoms with Gasteiger partial charge >= 0.3 is 12.5 Å². The number of hydrogen-bond acceptors (Lipinski definition) is 6. The molecule has 182 valence electrons. The van der Waals surface area contributed by atoms with Gasteiger partial charge in [0.15, 0.2) is 0 Å². The molecule has 0 bridgehead atoms. The van der Waals surface area contributed by atoms with E-state index >= 15 is 0 Å². The van der Waals surface area contributed by atoms with Gasteiger partial charge in [-0.15, -0.1) is 13.2 Å². The van der Waals surface area contributed by atoms with Crippen molar-refractivity contribution >= 4 is 0 Å². The number of hydrogen-bond donors (Lipinski definition) is 1. The number of alkyl halides is 6. The summed E-state index contributed by atoms with van der Waals surface area (Å²) in [6.07, 6.45) is -9.65. The third kappa shape index (κ3) is 4.34. The van der Waals surface area contributed by atoms with Crippen LogP contribution >= 0.6 is 0 Å². The molecule has 1 N–H and O–H groups in total. The van der Waals surface area contributed by atoms with Gasteiger partial charge in [0.2, 0.25) is 0 Å². The molecule has 0 amide bonds. The summed E-state index contributed by atoms with van der Waals surface area (Å²) in [7, 11) is 1.84. The summed E-state index contributed by atoms with van der Waals surface area (Å²) < 4.78 is 85.0. The normalized spacial score (nSPS) is 18.3. The largest absolute Gasteiger partial charge is 0.573 e. The molecule has 34 heavy (non-hydrogen) atoms. The van der Waals surface area contributed by atoms with Gasteiger partial charge in [0.05, 0.1) is 0 Å². The average molecular weight is 487 g/mol. The van der Waals surface area contributed by atoms with Crippen molar-refractivity contribution in [3.05, 3.63) is 65.5 Å². The van der Waals surface area contributed by atoms with Gasteiger partial charge in [-0.3, -0.25) is 0 Å². The standard InChI is InChI=1S/C22H19F6N3O3/c1-19(11-31(2)12-19)20(32,14-6-8-16(9-7-14)33-22(26,27)28)15-5-3-4-13(10-15)17-29-18(30-34-17)21(23,24)25/h3-10,32H,11-12H2,1-2H3/t20-/m0/s1. The summed E-state index contributed by atoms with van der Waals surface area (Å²) in [6, 6.07) is 10.8. The molecule has 1 aromatic heterocycles. The van der Waals surface area contributed by atoms with E-state index in [-0.39, 0.29) is 17.0 Å². The van der Waals surface area contributed by atoms with Gasteiger partial charge in [0.1, 0.15) is 11.4 Å². The summed E-state index contributed by atoms with van der Waals surface area (Å²) in [5, 5.41) is 15.0. The fourth-order valence-corrected chi connectivity index (χ4v) is 4.47. The van der Waals surface area contributed by atoms with Crippen molar-refractivity contribution in [1.82, 2.24) is 15.0 Å². The second-order valence-electron chi connectivity index (χ2n) is 8.52. The van der Waals surface area contributed by atoms with Crippen molar-refractivity contribution in [2.24, 2.45) is 5.41 Å². The molecule has 4 rings (SSSR count). The molecule has 2 aromatic carbocycles. The highest BCUT2D eigenvalue weighted by Crippen LogP contribution is 2.50. The molecule has 0 spiro atoms. The quantitative estimate of drug-likeness (QED) is 0.520.